The Morgan fingerprint density at radius 2 is 1.79 bits per heavy atom. The molecule has 0 unspecified atom stereocenters. The fraction of sp³-hybridized carbons (Fsp3) is 0.320. The molecule has 0 bridgehead atoms. The maximum absolute atomic E-state index is 12.9. The van der Waals surface area contributed by atoms with E-state index in [1.807, 2.05) is 43.7 Å². The van der Waals surface area contributed by atoms with Crippen LogP contribution in [0.25, 0.3) is 0 Å². The molecule has 2 aromatic carbocycles. The van der Waals surface area contributed by atoms with Crippen LogP contribution >= 0.6 is 0 Å². The number of aliphatic imine (C=N–C) groups is 1. The Morgan fingerprint density at radius 1 is 1.06 bits per heavy atom. The molecule has 33 heavy (non-hydrogen) atoms. The quantitative estimate of drug-likeness (QED) is 0.416. The number of carbonyl (C=O) groups excluding carboxylic acids is 1. The molecule has 8 heteroatoms. The van der Waals surface area contributed by atoms with E-state index in [-0.39, 0.29) is 5.91 Å². The Bertz CT molecular complexity index is 1150. The molecule has 0 aliphatic heterocycles. The first-order valence-corrected chi connectivity index (χ1v) is 10.8. The van der Waals surface area contributed by atoms with Gasteiger partial charge in [0.2, 0.25) is 5.96 Å². The minimum atomic E-state index is -0.284. The average Bonchev–Trinajstić information content (AvgIpc) is 3.10. The molecule has 174 valence electrons. The van der Waals surface area contributed by atoms with Crippen molar-refractivity contribution in [1.82, 2.24) is 15.1 Å². The summed E-state index contributed by atoms with van der Waals surface area (Å²) in [4.78, 5) is 17.6. The van der Waals surface area contributed by atoms with E-state index in [1.54, 1.807) is 38.5 Å². The fourth-order valence-electron chi connectivity index (χ4n) is 3.51. The van der Waals surface area contributed by atoms with Gasteiger partial charge in [0.1, 0.15) is 11.5 Å². The Labute approximate surface area is 194 Å². The van der Waals surface area contributed by atoms with Crippen LogP contribution < -0.4 is 20.1 Å². The van der Waals surface area contributed by atoms with Crippen LogP contribution in [0.15, 0.2) is 47.5 Å². The first kappa shape index (κ1) is 23.8. The van der Waals surface area contributed by atoms with Crippen molar-refractivity contribution in [2.75, 3.05) is 19.5 Å². The highest BCUT2D eigenvalue weighted by Crippen LogP contribution is 2.25. The predicted molar refractivity (Wildman–Crippen MR) is 130 cm³/mol. The average molecular weight is 450 g/mol. The monoisotopic (exact) mass is 449 g/mol. The van der Waals surface area contributed by atoms with Gasteiger partial charge < -0.3 is 14.8 Å². The van der Waals surface area contributed by atoms with E-state index in [4.69, 9.17) is 14.5 Å². The number of ether oxygens (including phenoxy) is 2. The molecular formula is C25H31N5O3. The summed E-state index contributed by atoms with van der Waals surface area (Å²) >= 11 is 0. The van der Waals surface area contributed by atoms with Crippen LogP contribution in [-0.2, 0) is 13.1 Å². The van der Waals surface area contributed by atoms with Gasteiger partial charge in [0, 0.05) is 23.4 Å². The molecule has 0 saturated heterocycles. The number of aryl methyl sites for hydroxylation is 3. The second kappa shape index (κ2) is 10.7. The number of aromatic nitrogens is 2. The summed E-state index contributed by atoms with van der Waals surface area (Å²) < 4.78 is 12.6. The third kappa shape index (κ3) is 5.71. The highest BCUT2D eigenvalue weighted by Gasteiger charge is 2.14. The Kier molecular flexibility index (Phi) is 7.71. The second-order valence-corrected chi connectivity index (χ2v) is 7.64. The van der Waals surface area contributed by atoms with Crippen LogP contribution in [0.3, 0.4) is 0 Å². The third-order valence-corrected chi connectivity index (χ3v) is 5.42. The van der Waals surface area contributed by atoms with Gasteiger partial charge >= 0.3 is 0 Å². The smallest absolute Gasteiger partial charge is 0.257 e. The Morgan fingerprint density at radius 3 is 2.39 bits per heavy atom. The van der Waals surface area contributed by atoms with Crippen molar-refractivity contribution >= 4 is 17.6 Å². The highest BCUT2D eigenvalue weighted by atomic mass is 16.5. The number of carbonyl (C=O) groups is 1. The van der Waals surface area contributed by atoms with Crippen LogP contribution in [0.1, 0.15) is 39.8 Å². The summed E-state index contributed by atoms with van der Waals surface area (Å²) in [5, 5.41) is 10.7. The van der Waals surface area contributed by atoms with Gasteiger partial charge in [0.25, 0.3) is 5.91 Å². The fourth-order valence-corrected chi connectivity index (χ4v) is 3.51. The molecule has 2 N–H and O–H groups in total. The molecule has 8 nitrogen and oxygen atoms in total. The minimum Gasteiger partial charge on any atom is -0.497 e. The van der Waals surface area contributed by atoms with E-state index in [9.17, 15) is 4.79 Å². The molecule has 1 heterocycles. The Hall–Kier alpha value is -3.81. The van der Waals surface area contributed by atoms with E-state index in [1.165, 1.54) is 0 Å². The van der Waals surface area contributed by atoms with Crippen LogP contribution in [0.2, 0.25) is 0 Å². The number of hydrogen-bond donors (Lipinski definition) is 2. The topological polar surface area (TPSA) is 89.8 Å². The number of rotatable bonds is 7. The van der Waals surface area contributed by atoms with Gasteiger partial charge in [-0.3, -0.25) is 14.8 Å². The molecule has 3 rings (SSSR count). The maximum Gasteiger partial charge on any atom is 0.257 e. The van der Waals surface area contributed by atoms with Crippen molar-refractivity contribution in [3.63, 3.8) is 0 Å². The van der Waals surface area contributed by atoms with Crippen molar-refractivity contribution in [3.8, 4) is 11.5 Å². The number of benzene rings is 2. The molecular weight excluding hydrogens is 418 g/mol. The lowest BCUT2D eigenvalue weighted by Crippen LogP contribution is -2.36. The lowest BCUT2D eigenvalue weighted by Gasteiger charge is -2.15. The van der Waals surface area contributed by atoms with Crippen LogP contribution in [0, 0.1) is 20.8 Å². The van der Waals surface area contributed by atoms with E-state index in [0.29, 0.717) is 35.3 Å². The number of amides is 1. The molecule has 0 aliphatic rings. The van der Waals surface area contributed by atoms with Crippen molar-refractivity contribution in [2.24, 2.45) is 4.99 Å². The Balaban J connectivity index is 1.91. The maximum atomic E-state index is 12.9. The standard InChI is InChI=1S/C25H31N5O3/c1-7-30-18(4)21(17(3)29-30)15-26-25(27-22-14-16(2)8-13-23(22)33-6)28-24(31)19-9-11-20(32-5)12-10-19/h8-14H,7,15H2,1-6H3,(H2,26,27,28,31). The molecule has 0 aliphatic carbocycles. The number of anilines is 1. The molecule has 0 saturated carbocycles. The van der Waals surface area contributed by atoms with Crippen LogP contribution in [-0.4, -0.2) is 35.9 Å². The number of hydrogen-bond acceptors (Lipinski definition) is 5. The van der Waals surface area contributed by atoms with E-state index < -0.39 is 0 Å². The molecule has 0 spiro atoms. The van der Waals surface area contributed by atoms with Gasteiger partial charge in [-0.15, -0.1) is 0 Å². The normalized spacial score (nSPS) is 11.3. The van der Waals surface area contributed by atoms with Crippen molar-refractivity contribution in [1.29, 1.82) is 0 Å². The van der Waals surface area contributed by atoms with E-state index in [2.05, 4.69) is 22.7 Å². The second-order valence-electron chi connectivity index (χ2n) is 7.64. The SMILES string of the molecule is CCn1nc(C)c(CN=C(NC(=O)c2ccc(OC)cc2)Nc2cc(C)ccc2OC)c1C. The minimum absolute atomic E-state index is 0.284. The summed E-state index contributed by atoms with van der Waals surface area (Å²) in [5.74, 6) is 1.37. The highest BCUT2D eigenvalue weighted by molar-refractivity contribution is 6.10. The van der Waals surface area contributed by atoms with Crippen molar-refractivity contribution < 1.29 is 14.3 Å². The van der Waals surface area contributed by atoms with Gasteiger partial charge in [0.15, 0.2) is 0 Å². The molecule has 1 amide bonds. The van der Waals surface area contributed by atoms with E-state index in [0.717, 1.165) is 29.1 Å². The first-order chi connectivity index (χ1) is 15.9. The molecule has 0 atom stereocenters. The molecule has 3 aromatic rings. The number of methoxy groups -OCH3 is 2. The van der Waals surface area contributed by atoms with Crippen LogP contribution in [0.5, 0.6) is 11.5 Å². The first-order valence-electron chi connectivity index (χ1n) is 10.8. The lowest BCUT2D eigenvalue weighted by atomic mass is 10.2. The zero-order valence-corrected chi connectivity index (χ0v) is 20.0. The number of nitrogens with zero attached hydrogens (tertiary/aromatic N) is 3. The molecule has 0 fully saturated rings. The predicted octanol–water partition coefficient (Wildman–Crippen LogP) is 4.24. The summed E-state index contributed by atoms with van der Waals surface area (Å²) in [5.41, 5.74) is 5.28. The summed E-state index contributed by atoms with van der Waals surface area (Å²) in [6.45, 7) is 9.20. The number of guanidine groups is 1. The van der Waals surface area contributed by atoms with Gasteiger partial charge in [-0.2, -0.15) is 5.10 Å². The molecule has 1 aromatic heterocycles. The van der Waals surface area contributed by atoms with Crippen molar-refractivity contribution in [2.45, 2.75) is 40.8 Å². The number of nitrogens with one attached hydrogen (secondary N) is 2. The lowest BCUT2D eigenvalue weighted by molar-refractivity contribution is 0.0977. The molecule has 0 radical (unpaired) electrons. The zero-order chi connectivity index (χ0) is 24.0. The van der Waals surface area contributed by atoms with E-state index >= 15 is 0 Å². The van der Waals surface area contributed by atoms with Crippen LogP contribution in [0.4, 0.5) is 5.69 Å². The van der Waals surface area contributed by atoms with Gasteiger partial charge in [-0.1, -0.05) is 6.07 Å². The summed E-state index contributed by atoms with van der Waals surface area (Å²) in [7, 11) is 3.19. The third-order valence-electron chi connectivity index (χ3n) is 5.42. The zero-order valence-electron chi connectivity index (χ0n) is 20.0. The van der Waals surface area contributed by atoms with Gasteiger partial charge in [-0.25, -0.2) is 4.99 Å². The van der Waals surface area contributed by atoms with Gasteiger partial charge in [-0.05, 0) is 69.7 Å². The van der Waals surface area contributed by atoms with Crippen molar-refractivity contribution in [3.05, 3.63) is 70.5 Å². The largest absolute Gasteiger partial charge is 0.497 e. The summed E-state index contributed by atoms with van der Waals surface area (Å²) in [6, 6.07) is 12.7. The van der Waals surface area contributed by atoms with Gasteiger partial charge in [0.05, 0.1) is 32.1 Å². The summed E-state index contributed by atoms with van der Waals surface area (Å²) in [6.07, 6.45) is 0.